The van der Waals surface area contributed by atoms with E-state index < -0.39 is 6.04 Å². The van der Waals surface area contributed by atoms with Gasteiger partial charge in [0.15, 0.2) is 5.78 Å². The molecule has 1 aromatic carbocycles. The maximum Gasteiger partial charge on any atom is 0.243 e. The molecule has 0 radical (unpaired) electrons. The summed E-state index contributed by atoms with van der Waals surface area (Å²) in [5.74, 6) is 0.524. The lowest BCUT2D eigenvalue weighted by Gasteiger charge is -2.38. The van der Waals surface area contributed by atoms with E-state index in [0.29, 0.717) is 30.7 Å². The zero-order valence-electron chi connectivity index (χ0n) is 23.9. The van der Waals surface area contributed by atoms with Crippen LogP contribution in [0.1, 0.15) is 81.4 Å². The molecule has 7 nitrogen and oxygen atoms in total. The van der Waals surface area contributed by atoms with E-state index in [-0.39, 0.29) is 30.3 Å². The highest BCUT2D eigenvalue weighted by atomic mass is 16.3. The Morgan fingerprint density at radius 3 is 2.69 bits per heavy atom. The number of carbonyl (C=O) groups excluding carboxylic acids is 2. The summed E-state index contributed by atoms with van der Waals surface area (Å²) in [7, 11) is 0. The quantitative estimate of drug-likeness (QED) is 0.269. The molecule has 0 spiro atoms. The molecule has 4 rings (SSSR count). The van der Waals surface area contributed by atoms with Crippen molar-refractivity contribution in [1.82, 2.24) is 15.3 Å². The van der Waals surface area contributed by atoms with Crippen LogP contribution in [0.15, 0.2) is 42.7 Å². The van der Waals surface area contributed by atoms with E-state index in [1.165, 1.54) is 0 Å². The number of anilines is 1. The minimum atomic E-state index is -0.392. The van der Waals surface area contributed by atoms with E-state index in [9.17, 15) is 14.7 Å². The van der Waals surface area contributed by atoms with Crippen LogP contribution in [0.25, 0.3) is 10.9 Å². The number of pyridine rings is 1. The second kappa shape index (κ2) is 13.2. The number of carbonyl (C=O) groups is 2. The molecule has 3 N–H and O–H groups in total. The number of rotatable bonds is 12. The van der Waals surface area contributed by atoms with Crippen LogP contribution >= 0.6 is 0 Å². The lowest BCUT2D eigenvalue weighted by molar-refractivity contribution is -0.124. The van der Waals surface area contributed by atoms with Crippen molar-refractivity contribution in [3.8, 4) is 0 Å². The zero-order valence-corrected chi connectivity index (χ0v) is 23.9. The summed E-state index contributed by atoms with van der Waals surface area (Å²) in [6.45, 7) is 9.23. The summed E-state index contributed by atoms with van der Waals surface area (Å²) < 4.78 is 0. The van der Waals surface area contributed by atoms with E-state index in [1.807, 2.05) is 36.5 Å². The summed E-state index contributed by atoms with van der Waals surface area (Å²) in [5.41, 5.74) is 4.37. The van der Waals surface area contributed by atoms with Crippen molar-refractivity contribution >= 4 is 28.3 Å². The number of hydrogen-bond acceptors (Lipinski definition) is 5. The van der Waals surface area contributed by atoms with Crippen LogP contribution in [0.4, 0.5) is 5.69 Å². The van der Waals surface area contributed by atoms with Crippen molar-refractivity contribution in [3.63, 3.8) is 0 Å². The predicted octanol–water partition coefficient (Wildman–Crippen LogP) is 5.46. The number of aromatic amines is 1. The first-order valence-electron chi connectivity index (χ1n) is 14.6. The summed E-state index contributed by atoms with van der Waals surface area (Å²) in [4.78, 5) is 37.2. The molecule has 3 atom stereocenters. The molecular weight excluding hydrogens is 488 g/mol. The fourth-order valence-electron chi connectivity index (χ4n) is 5.93. The van der Waals surface area contributed by atoms with E-state index >= 15 is 0 Å². The Balaban J connectivity index is 1.80. The molecule has 7 heteroatoms. The predicted molar refractivity (Wildman–Crippen MR) is 157 cm³/mol. The highest BCUT2D eigenvalue weighted by molar-refractivity contribution is 6.11. The van der Waals surface area contributed by atoms with Gasteiger partial charge < -0.3 is 20.3 Å². The Kier molecular flexibility index (Phi) is 9.78. The number of aliphatic hydroxyl groups is 1. The van der Waals surface area contributed by atoms with Gasteiger partial charge >= 0.3 is 0 Å². The average Bonchev–Trinajstić information content (AvgIpc) is 3.37. The zero-order chi connectivity index (χ0) is 27.9. The Hall–Kier alpha value is -3.19. The first kappa shape index (κ1) is 28.8. The Bertz CT molecular complexity index is 1250. The van der Waals surface area contributed by atoms with Crippen LogP contribution in [-0.4, -0.2) is 52.0 Å². The van der Waals surface area contributed by atoms with Crippen molar-refractivity contribution in [2.24, 2.45) is 11.8 Å². The maximum atomic E-state index is 13.7. The number of aliphatic hydroxyl groups excluding tert-OH is 1. The molecule has 0 aliphatic carbocycles. The second-order valence-electron chi connectivity index (χ2n) is 11.3. The lowest BCUT2D eigenvalue weighted by Crippen LogP contribution is -2.54. The average molecular weight is 533 g/mol. The van der Waals surface area contributed by atoms with Gasteiger partial charge in [0.05, 0.1) is 18.2 Å². The molecule has 1 aliphatic heterocycles. The van der Waals surface area contributed by atoms with Crippen molar-refractivity contribution in [3.05, 3.63) is 59.5 Å². The van der Waals surface area contributed by atoms with Gasteiger partial charge in [0.1, 0.15) is 6.04 Å². The van der Waals surface area contributed by atoms with Gasteiger partial charge in [-0.05, 0) is 60.9 Å². The van der Waals surface area contributed by atoms with Crippen LogP contribution in [0, 0.1) is 11.8 Å². The first-order chi connectivity index (χ1) is 18.9. The SMILES string of the molecule is CCCCC(CC)CN1c2ccc(C(=O)CCc3ccccn3)c3[nH]cc(c23)C[C@@H](CO)NC(=O)[C@@H]1C(C)C. The molecule has 1 unspecified atom stereocenters. The molecule has 0 saturated carbocycles. The number of amides is 1. The smallest absolute Gasteiger partial charge is 0.243 e. The molecule has 1 aliphatic rings. The third kappa shape index (κ3) is 6.52. The van der Waals surface area contributed by atoms with E-state index in [1.54, 1.807) is 6.20 Å². The molecule has 0 fully saturated rings. The molecule has 3 heterocycles. The van der Waals surface area contributed by atoms with Crippen LogP contribution < -0.4 is 10.2 Å². The summed E-state index contributed by atoms with van der Waals surface area (Å²) >= 11 is 0. The van der Waals surface area contributed by atoms with Crippen LogP contribution in [0.5, 0.6) is 0 Å². The van der Waals surface area contributed by atoms with E-state index in [0.717, 1.165) is 60.1 Å². The van der Waals surface area contributed by atoms with Crippen molar-refractivity contribution < 1.29 is 14.7 Å². The Morgan fingerprint density at radius 2 is 2.03 bits per heavy atom. The standard InChI is InChI=1S/C32H44N4O3/c1-5-7-10-22(6-2)19-36-27-14-13-26(28(38)15-12-24-11-8-9-16-33-24)30-29(27)23(18-34-30)17-25(20-37)35-32(39)31(36)21(3)4/h8-9,11,13-14,16,18,21-22,25,31,34,37H,5-7,10,12,15,17,19-20H2,1-4H3,(H,35,39)/t22?,25-,31-/m0/s1. The molecule has 1 amide bonds. The van der Waals surface area contributed by atoms with Crippen LogP contribution in [0.2, 0.25) is 0 Å². The number of benzene rings is 1. The van der Waals surface area contributed by atoms with Gasteiger partial charge in [-0.25, -0.2) is 0 Å². The number of Topliss-reactive ketones (excluding diaryl/α,β-unsaturated/α-hetero) is 1. The summed E-state index contributed by atoms with van der Waals surface area (Å²) in [5, 5.41) is 14.3. The Labute approximate surface area is 232 Å². The van der Waals surface area contributed by atoms with E-state index in [2.05, 4.69) is 47.9 Å². The molecule has 0 bridgehead atoms. The number of aromatic nitrogens is 2. The molecule has 2 aromatic heterocycles. The van der Waals surface area contributed by atoms with Gasteiger partial charge in [0.2, 0.25) is 5.91 Å². The Morgan fingerprint density at radius 1 is 1.21 bits per heavy atom. The summed E-state index contributed by atoms with van der Waals surface area (Å²) in [6.07, 6.45) is 9.59. The maximum absolute atomic E-state index is 13.7. The monoisotopic (exact) mass is 532 g/mol. The normalized spacial score (nSPS) is 18.5. The third-order valence-electron chi connectivity index (χ3n) is 8.11. The lowest BCUT2D eigenvalue weighted by atomic mass is 9.93. The molecule has 0 saturated heterocycles. The minimum Gasteiger partial charge on any atom is -0.394 e. The fourth-order valence-corrected chi connectivity index (χ4v) is 5.93. The number of H-pyrrole nitrogens is 1. The van der Waals surface area contributed by atoms with Gasteiger partial charge in [0.25, 0.3) is 0 Å². The van der Waals surface area contributed by atoms with Gasteiger partial charge in [0, 0.05) is 47.7 Å². The van der Waals surface area contributed by atoms with Gasteiger partial charge in [-0.3, -0.25) is 14.6 Å². The number of nitrogens with zero attached hydrogens (tertiary/aromatic N) is 2. The number of unbranched alkanes of at least 4 members (excludes halogenated alkanes) is 1. The van der Waals surface area contributed by atoms with Crippen molar-refractivity contribution in [2.45, 2.75) is 84.7 Å². The molecule has 210 valence electrons. The van der Waals surface area contributed by atoms with Gasteiger partial charge in [-0.2, -0.15) is 0 Å². The van der Waals surface area contributed by atoms with Crippen LogP contribution in [0.3, 0.4) is 0 Å². The first-order valence-corrected chi connectivity index (χ1v) is 14.6. The summed E-state index contributed by atoms with van der Waals surface area (Å²) in [6, 6.07) is 8.95. The highest BCUT2D eigenvalue weighted by Crippen LogP contribution is 2.37. The van der Waals surface area contributed by atoms with Crippen molar-refractivity contribution in [1.29, 1.82) is 0 Å². The minimum absolute atomic E-state index is 0.0489. The molecule has 3 aromatic rings. The number of hydrogen-bond donors (Lipinski definition) is 3. The van der Waals surface area contributed by atoms with E-state index in [4.69, 9.17) is 0 Å². The molecule has 39 heavy (non-hydrogen) atoms. The number of aryl methyl sites for hydroxylation is 1. The number of ketones is 1. The highest BCUT2D eigenvalue weighted by Gasteiger charge is 2.35. The van der Waals surface area contributed by atoms with Crippen molar-refractivity contribution in [2.75, 3.05) is 18.1 Å². The second-order valence-corrected chi connectivity index (χ2v) is 11.3. The number of nitrogens with one attached hydrogen (secondary N) is 2. The third-order valence-corrected chi connectivity index (χ3v) is 8.11. The van der Waals surface area contributed by atoms with Gasteiger partial charge in [-0.15, -0.1) is 0 Å². The molecular formula is C32H44N4O3. The van der Waals surface area contributed by atoms with Crippen LogP contribution in [-0.2, 0) is 17.6 Å². The largest absolute Gasteiger partial charge is 0.394 e. The topological polar surface area (TPSA) is 98.3 Å². The van der Waals surface area contributed by atoms with Gasteiger partial charge in [-0.1, -0.05) is 53.0 Å². The fraction of sp³-hybridized carbons (Fsp3) is 0.531.